The monoisotopic (exact) mass is 396 g/mol. The van der Waals surface area contributed by atoms with Crippen molar-refractivity contribution in [1.82, 2.24) is 14.9 Å². The van der Waals surface area contributed by atoms with E-state index >= 15 is 0 Å². The van der Waals surface area contributed by atoms with E-state index in [0.29, 0.717) is 28.1 Å². The van der Waals surface area contributed by atoms with Crippen molar-refractivity contribution in [1.29, 1.82) is 0 Å². The molecule has 6 nitrogen and oxygen atoms in total. The van der Waals surface area contributed by atoms with E-state index in [1.807, 2.05) is 0 Å². The summed E-state index contributed by atoms with van der Waals surface area (Å²) in [4.78, 5) is 0. The molecular formula is C17H15Cl2FN4O2. The molecule has 0 aliphatic heterocycles. The molecule has 0 unspecified atom stereocenters. The summed E-state index contributed by atoms with van der Waals surface area (Å²) in [6.45, 7) is 0.378. The van der Waals surface area contributed by atoms with Crippen LogP contribution < -0.4 is 14.9 Å². The van der Waals surface area contributed by atoms with Crippen LogP contribution in [0.25, 0.3) is 0 Å². The van der Waals surface area contributed by atoms with E-state index in [0.717, 1.165) is 5.56 Å². The Morgan fingerprint density at radius 1 is 1.12 bits per heavy atom. The van der Waals surface area contributed by atoms with Gasteiger partial charge in [-0.1, -0.05) is 29.3 Å². The molecule has 0 saturated carbocycles. The zero-order valence-electron chi connectivity index (χ0n) is 13.7. The third-order valence-electron chi connectivity index (χ3n) is 3.64. The lowest BCUT2D eigenvalue weighted by atomic mass is 10.2. The molecule has 9 heteroatoms. The highest BCUT2D eigenvalue weighted by atomic mass is 35.5. The first-order valence-electron chi connectivity index (χ1n) is 7.59. The Bertz CT molecular complexity index is 870. The molecule has 0 bridgehead atoms. The van der Waals surface area contributed by atoms with E-state index < -0.39 is 5.82 Å². The molecule has 0 radical (unpaired) electrons. The molecule has 0 aliphatic rings. The van der Waals surface area contributed by atoms with Crippen LogP contribution in [0.15, 0.2) is 43.0 Å². The molecule has 3 aromatic rings. The maximum atomic E-state index is 13.9. The lowest BCUT2D eigenvalue weighted by Gasteiger charge is -2.15. The van der Waals surface area contributed by atoms with Gasteiger partial charge >= 0.3 is 0 Å². The van der Waals surface area contributed by atoms with E-state index in [9.17, 15) is 4.39 Å². The van der Waals surface area contributed by atoms with Crippen LogP contribution in [0.2, 0.25) is 10.0 Å². The summed E-state index contributed by atoms with van der Waals surface area (Å²) in [6.07, 6.45) is 3.06. The predicted molar refractivity (Wildman–Crippen MR) is 96.8 cm³/mol. The molecule has 0 atom stereocenters. The average Bonchev–Trinajstić information content (AvgIpc) is 3.14. The minimum absolute atomic E-state index is 0.0451. The molecule has 26 heavy (non-hydrogen) atoms. The summed E-state index contributed by atoms with van der Waals surface area (Å²) in [5.74, 6) is 0.435. The van der Waals surface area contributed by atoms with Gasteiger partial charge in [-0.15, -0.1) is 10.2 Å². The normalized spacial score (nSPS) is 10.6. The Morgan fingerprint density at radius 3 is 2.58 bits per heavy atom. The van der Waals surface area contributed by atoms with Crippen LogP contribution in [0.1, 0.15) is 11.1 Å². The van der Waals surface area contributed by atoms with Crippen LogP contribution in [0.3, 0.4) is 0 Å². The van der Waals surface area contributed by atoms with Gasteiger partial charge in [0.05, 0.1) is 18.7 Å². The minimum Gasteiger partial charge on any atom is -0.493 e. The van der Waals surface area contributed by atoms with Gasteiger partial charge in [0.15, 0.2) is 11.5 Å². The smallest absolute Gasteiger partial charge is 0.163 e. The number of benzene rings is 2. The van der Waals surface area contributed by atoms with Crippen molar-refractivity contribution in [2.24, 2.45) is 0 Å². The molecule has 0 spiro atoms. The Balaban J connectivity index is 1.76. The maximum absolute atomic E-state index is 13.9. The number of aromatic nitrogens is 3. The minimum atomic E-state index is -0.433. The molecule has 0 saturated heterocycles. The number of methoxy groups -OCH3 is 1. The first-order valence-corrected chi connectivity index (χ1v) is 8.34. The summed E-state index contributed by atoms with van der Waals surface area (Å²) in [6, 6.07) is 7.84. The number of halogens is 3. The summed E-state index contributed by atoms with van der Waals surface area (Å²) < 4.78 is 26.5. The molecule has 136 valence electrons. The van der Waals surface area contributed by atoms with Crippen LogP contribution in [0, 0.1) is 5.82 Å². The second kappa shape index (κ2) is 8.25. The van der Waals surface area contributed by atoms with Gasteiger partial charge in [-0.25, -0.2) is 9.07 Å². The van der Waals surface area contributed by atoms with Crippen LogP contribution >= 0.6 is 23.2 Å². The topological polar surface area (TPSA) is 61.2 Å². The van der Waals surface area contributed by atoms with Gasteiger partial charge in [0.1, 0.15) is 25.1 Å². The lowest BCUT2D eigenvalue weighted by Crippen LogP contribution is -2.12. The number of rotatable bonds is 7. The lowest BCUT2D eigenvalue weighted by molar-refractivity contribution is 0.279. The molecular weight excluding hydrogens is 382 g/mol. The second-order valence-electron chi connectivity index (χ2n) is 5.29. The van der Waals surface area contributed by atoms with Crippen LogP contribution in [0.4, 0.5) is 4.39 Å². The SMILES string of the molecule is COc1cc(CNn2cnnc2)c(Cl)cc1OCc1c(F)cccc1Cl. The molecule has 0 fully saturated rings. The maximum Gasteiger partial charge on any atom is 0.163 e. The Kier molecular flexibility index (Phi) is 5.80. The largest absolute Gasteiger partial charge is 0.493 e. The molecule has 3 rings (SSSR count). The summed E-state index contributed by atoms with van der Waals surface area (Å²) in [5, 5.41) is 8.18. The van der Waals surface area contributed by atoms with Gasteiger partial charge in [0.25, 0.3) is 0 Å². The third-order valence-corrected chi connectivity index (χ3v) is 4.34. The standard InChI is InChI=1S/C17H15Cl2FN4O2/c1-25-16-5-11(7-23-24-9-21-22-10-24)14(19)6-17(16)26-8-12-13(18)3-2-4-15(12)20/h2-6,9-10,23H,7-8H2,1H3. The zero-order chi connectivity index (χ0) is 18.5. The summed E-state index contributed by atoms with van der Waals surface area (Å²) in [7, 11) is 1.52. The Hall–Kier alpha value is -2.51. The average molecular weight is 397 g/mol. The van der Waals surface area contributed by atoms with E-state index in [2.05, 4.69) is 15.6 Å². The van der Waals surface area contributed by atoms with Crippen molar-refractivity contribution in [3.8, 4) is 11.5 Å². The Morgan fingerprint density at radius 2 is 1.88 bits per heavy atom. The van der Waals surface area contributed by atoms with Crippen LogP contribution in [-0.2, 0) is 13.2 Å². The quantitative estimate of drug-likeness (QED) is 0.652. The van der Waals surface area contributed by atoms with Gasteiger partial charge in [-0.05, 0) is 23.8 Å². The number of nitrogens with zero attached hydrogens (tertiary/aromatic N) is 3. The first kappa shape index (κ1) is 18.3. The Labute approximate surface area is 159 Å². The van der Waals surface area contributed by atoms with E-state index in [4.69, 9.17) is 32.7 Å². The molecule has 0 aliphatic carbocycles. The number of hydrogen-bond acceptors (Lipinski definition) is 5. The second-order valence-corrected chi connectivity index (χ2v) is 6.10. The summed E-state index contributed by atoms with van der Waals surface area (Å²) >= 11 is 12.3. The number of hydrogen-bond donors (Lipinski definition) is 1. The van der Waals surface area contributed by atoms with Crippen molar-refractivity contribution >= 4 is 23.2 Å². The molecule has 1 N–H and O–H groups in total. The fraction of sp³-hybridized carbons (Fsp3) is 0.176. The zero-order valence-corrected chi connectivity index (χ0v) is 15.3. The van der Waals surface area contributed by atoms with Crippen molar-refractivity contribution in [2.75, 3.05) is 12.5 Å². The van der Waals surface area contributed by atoms with Crippen LogP contribution in [0.5, 0.6) is 11.5 Å². The highest BCUT2D eigenvalue weighted by Gasteiger charge is 2.13. The number of ether oxygens (including phenoxy) is 2. The van der Waals surface area contributed by atoms with Gasteiger partial charge in [0.2, 0.25) is 0 Å². The molecule has 0 amide bonds. The van der Waals surface area contributed by atoms with Gasteiger partial charge in [0, 0.05) is 16.7 Å². The highest BCUT2D eigenvalue weighted by Crippen LogP contribution is 2.34. The fourth-order valence-electron chi connectivity index (χ4n) is 2.26. The molecule has 2 aromatic carbocycles. The van der Waals surface area contributed by atoms with Crippen molar-refractivity contribution < 1.29 is 13.9 Å². The van der Waals surface area contributed by atoms with Crippen molar-refractivity contribution in [2.45, 2.75) is 13.2 Å². The van der Waals surface area contributed by atoms with Gasteiger partial charge < -0.3 is 14.9 Å². The van der Waals surface area contributed by atoms with E-state index in [1.54, 1.807) is 22.9 Å². The van der Waals surface area contributed by atoms with E-state index in [1.165, 1.54) is 31.9 Å². The predicted octanol–water partition coefficient (Wildman–Crippen LogP) is 4.06. The number of nitrogens with one attached hydrogen (secondary N) is 1. The first-order chi connectivity index (χ1) is 12.6. The van der Waals surface area contributed by atoms with Gasteiger partial charge in [-0.2, -0.15) is 0 Å². The molecule has 1 heterocycles. The fourth-order valence-corrected chi connectivity index (χ4v) is 2.70. The van der Waals surface area contributed by atoms with Crippen LogP contribution in [-0.4, -0.2) is 22.0 Å². The van der Waals surface area contributed by atoms with Crippen molar-refractivity contribution in [3.05, 3.63) is 70.0 Å². The summed E-state index contributed by atoms with van der Waals surface area (Å²) in [5.41, 5.74) is 4.12. The third kappa shape index (κ3) is 4.17. The van der Waals surface area contributed by atoms with Crippen molar-refractivity contribution in [3.63, 3.8) is 0 Å². The highest BCUT2D eigenvalue weighted by molar-refractivity contribution is 6.31. The van der Waals surface area contributed by atoms with E-state index in [-0.39, 0.29) is 12.2 Å². The van der Waals surface area contributed by atoms with Gasteiger partial charge in [-0.3, -0.25) is 0 Å². The molecule has 1 aromatic heterocycles.